The summed E-state index contributed by atoms with van der Waals surface area (Å²) in [5.41, 5.74) is 0.920. The third-order valence-corrected chi connectivity index (χ3v) is 11.3. The lowest BCUT2D eigenvalue weighted by atomic mass is 9.71. The molecule has 1 aliphatic heterocycles. The molecule has 7 nitrogen and oxygen atoms in total. The summed E-state index contributed by atoms with van der Waals surface area (Å²) in [6.45, 7) is 8.63. The van der Waals surface area contributed by atoms with Crippen LogP contribution in [0.3, 0.4) is 0 Å². The van der Waals surface area contributed by atoms with E-state index in [0.717, 1.165) is 38.0 Å². The lowest BCUT2D eigenvalue weighted by Gasteiger charge is -2.43. The van der Waals surface area contributed by atoms with Crippen molar-refractivity contribution in [2.45, 2.75) is 101 Å². The fraction of sp³-hybridized carbons (Fsp3) is 0.656. The smallest absolute Gasteiger partial charge is 0.493 e. The summed E-state index contributed by atoms with van der Waals surface area (Å²) < 4.78 is 89.0. The van der Waals surface area contributed by atoms with Crippen LogP contribution in [0.25, 0.3) is 10.8 Å². The van der Waals surface area contributed by atoms with Gasteiger partial charge in [0.05, 0.1) is 6.61 Å². The Hall–Kier alpha value is -2.25. The van der Waals surface area contributed by atoms with Crippen LogP contribution in [0.5, 0.6) is 5.75 Å². The van der Waals surface area contributed by atoms with Crippen LogP contribution >= 0.6 is 11.8 Å². The minimum absolute atomic E-state index is 0.0328. The highest BCUT2D eigenvalue weighted by atomic mass is 32.2. The summed E-state index contributed by atoms with van der Waals surface area (Å²) >= 11 is 2.14. The molecule has 1 heterocycles. The van der Waals surface area contributed by atoms with Gasteiger partial charge in [-0.05, 0) is 93.9 Å². The van der Waals surface area contributed by atoms with Crippen molar-refractivity contribution in [3.63, 3.8) is 0 Å². The first-order chi connectivity index (χ1) is 21.0. The van der Waals surface area contributed by atoms with E-state index in [1.807, 2.05) is 20.8 Å². The van der Waals surface area contributed by atoms with E-state index in [2.05, 4.69) is 55.1 Å². The topological polar surface area (TPSA) is 99.1 Å². The highest BCUT2D eigenvalue weighted by Crippen LogP contribution is 2.64. The van der Waals surface area contributed by atoms with Gasteiger partial charge in [0.15, 0.2) is 0 Å². The van der Waals surface area contributed by atoms with Gasteiger partial charge in [-0.2, -0.15) is 29.0 Å². The maximum absolute atomic E-state index is 12.5. The Kier molecular flexibility index (Phi) is 11.0. The van der Waals surface area contributed by atoms with Crippen molar-refractivity contribution in [1.29, 1.82) is 0 Å². The van der Waals surface area contributed by atoms with Crippen molar-refractivity contribution in [2.75, 3.05) is 12.4 Å². The predicted octanol–water partition coefficient (Wildman–Crippen LogP) is 8.84. The number of fused-ring (bicyclic) bond motifs is 3. The number of thioether (sulfide) groups is 1. The lowest BCUT2D eigenvalue weighted by molar-refractivity contribution is -0.0687. The molecule has 0 aromatic heterocycles. The molecule has 13 heteroatoms. The first-order valence-corrected chi connectivity index (χ1v) is 17.7. The standard InChI is InChI=1S/C30H40O4S.C2H2F4O3S/c1-5-6-15-32-26-13-12-24(21-10-7-8-11-22(21)26)30(14-9-16-35-30)25-18-20-17-23(25)27(19-20)33-28(31)34-29(2,3)4;3-1(4)2(5,6)10(7,8)9/h7-8,10-13,20,23,25,27H,5-6,9,14-19H2,1-4H3;1H,(H,7,8,9). The van der Waals surface area contributed by atoms with E-state index >= 15 is 0 Å². The molecule has 45 heavy (non-hydrogen) atoms. The fourth-order valence-electron chi connectivity index (χ4n) is 6.93. The molecule has 1 saturated heterocycles. The molecular weight excluding hydrogens is 636 g/mol. The normalized spacial score (nSPS) is 26.5. The molecule has 2 saturated carbocycles. The number of hydrogen-bond acceptors (Lipinski definition) is 7. The van der Waals surface area contributed by atoms with Gasteiger partial charge in [0, 0.05) is 16.1 Å². The number of hydrogen-bond donors (Lipinski definition) is 1. The molecule has 2 aromatic rings. The molecule has 0 amide bonds. The van der Waals surface area contributed by atoms with E-state index in [4.69, 9.17) is 18.8 Å². The van der Waals surface area contributed by atoms with Crippen molar-refractivity contribution in [3.8, 4) is 5.75 Å². The second-order valence-corrected chi connectivity index (χ2v) is 15.9. The van der Waals surface area contributed by atoms with Crippen LogP contribution in [-0.4, -0.2) is 54.9 Å². The van der Waals surface area contributed by atoms with Gasteiger partial charge in [-0.3, -0.25) is 4.55 Å². The summed E-state index contributed by atoms with van der Waals surface area (Å²) in [5, 5.41) is -2.83. The highest BCUT2D eigenvalue weighted by molar-refractivity contribution is 8.00. The van der Waals surface area contributed by atoms with Gasteiger partial charge in [-0.15, -0.1) is 0 Å². The van der Waals surface area contributed by atoms with Crippen molar-refractivity contribution in [3.05, 3.63) is 42.0 Å². The van der Waals surface area contributed by atoms with Gasteiger partial charge in [0.2, 0.25) is 0 Å². The first kappa shape index (κ1) is 35.6. The van der Waals surface area contributed by atoms with E-state index in [-0.39, 0.29) is 10.9 Å². The average molecular weight is 679 g/mol. The average Bonchev–Trinajstić information content (AvgIpc) is 3.69. The maximum atomic E-state index is 12.5. The number of ether oxygens (including phenoxy) is 3. The molecule has 1 N–H and O–H groups in total. The molecule has 5 unspecified atom stereocenters. The number of rotatable bonds is 9. The van der Waals surface area contributed by atoms with Crippen LogP contribution in [0.4, 0.5) is 22.4 Å². The summed E-state index contributed by atoms with van der Waals surface area (Å²) in [5.74, 6) is 3.73. The van der Waals surface area contributed by atoms with Crippen LogP contribution in [0.15, 0.2) is 36.4 Å². The molecule has 2 aromatic carbocycles. The van der Waals surface area contributed by atoms with Crippen LogP contribution in [0.1, 0.15) is 78.2 Å². The SMILES string of the molecule is CCCCOc1ccc(C2(C3CC4CC(OC(=O)OC(C)(C)C)C3C4)CCCS2)c2ccccc12.O=S(=O)(O)C(F)(F)C(F)F. The molecule has 3 fully saturated rings. The maximum Gasteiger partial charge on any atom is 0.509 e. The van der Waals surface area contributed by atoms with Crippen molar-refractivity contribution >= 4 is 38.8 Å². The number of unbranched alkanes of at least 4 members (excludes halogenated alkanes) is 1. The number of carbonyl (C=O) groups is 1. The predicted molar refractivity (Wildman–Crippen MR) is 166 cm³/mol. The van der Waals surface area contributed by atoms with E-state index in [0.29, 0.717) is 17.8 Å². The van der Waals surface area contributed by atoms with Crippen molar-refractivity contribution in [1.82, 2.24) is 0 Å². The Morgan fingerprint density at radius 1 is 1.09 bits per heavy atom. The van der Waals surface area contributed by atoms with Crippen LogP contribution < -0.4 is 4.74 Å². The number of benzene rings is 2. The van der Waals surface area contributed by atoms with E-state index in [1.165, 1.54) is 41.4 Å². The Labute approximate surface area is 266 Å². The highest BCUT2D eigenvalue weighted by Gasteiger charge is 2.58. The van der Waals surface area contributed by atoms with Crippen LogP contribution in [0, 0.1) is 17.8 Å². The lowest BCUT2D eigenvalue weighted by Crippen LogP contribution is -2.40. The summed E-state index contributed by atoms with van der Waals surface area (Å²) in [4.78, 5) is 12.5. The van der Waals surface area contributed by atoms with Crippen LogP contribution in [-0.2, 0) is 24.3 Å². The summed E-state index contributed by atoms with van der Waals surface area (Å²) in [6, 6.07) is 13.3. The third kappa shape index (κ3) is 7.84. The fourth-order valence-corrected chi connectivity index (χ4v) is 8.91. The molecule has 5 rings (SSSR count). The second-order valence-electron chi connectivity index (χ2n) is 13.0. The molecule has 0 spiro atoms. The zero-order valence-corrected chi connectivity index (χ0v) is 27.6. The Bertz CT molecular complexity index is 1440. The van der Waals surface area contributed by atoms with Gasteiger partial charge in [0.1, 0.15) is 17.5 Å². The third-order valence-electron chi connectivity index (χ3n) is 8.73. The summed E-state index contributed by atoms with van der Waals surface area (Å²) in [7, 11) is -5.98. The van der Waals surface area contributed by atoms with Gasteiger partial charge >= 0.3 is 28.0 Å². The van der Waals surface area contributed by atoms with Crippen molar-refractivity contribution in [2.24, 2.45) is 17.8 Å². The monoisotopic (exact) mass is 678 g/mol. The molecule has 0 radical (unpaired) electrons. The Morgan fingerprint density at radius 3 is 2.31 bits per heavy atom. The minimum atomic E-state index is -5.98. The second kappa shape index (κ2) is 13.9. The zero-order chi connectivity index (χ0) is 33.2. The molecule has 2 bridgehead atoms. The molecule has 252 valence electrons. The molecule has 3 aliphatic rings. The van der Waals surface area contributed by atoms with E-state index in [9.17, 15) is 30.8 Å². The van der Waals surface area contributed by atoms with Gasteiger partial charge in [-0.25, -0.2) is 13.6 Å². The number of halogens is 4. The zero-order valence-electron chi connectivity index (χ0n) is 25.9. The largest absolute Gasteiger partial charge is 0.509 e. The Morgan fingerprint density at radius 2 is 1.78 bits per heavy atom. The molecule has 2 aliphatic carbocycles. The molecule has 5 atom stereocenters. The minimum Gasteiger partial charge on any atom is -0.493 e. The quantitative estimate of drug-likeness (QED) is 0.122. The van der Waals surface area contributed by atoms with E-state index in [1.54, 1.807) is 0 Å². The number of carbonyl (C=O) groups excluding carboxylic acids is 1. The number of alkyl halides is 4. The van der Waals surface area contributed by atoms with Gasteiger partial charge in [-0.1, -0.05) is 43.7 Å². The van der Waals surface area contributed by atoms with E-state index < -0.39 is 33.6 Å². The molecular formula is C32H42F4O7S2. The van der Waals surface area contributed by atoms with Crippen molar-refractivity contribution < 1.29 is 49.5 Å². The first-order valence-electron chi connectivity index (χ1n) is 15.3. The van der Waals surface area contributed by atoms with Gasteiger partial charge < -0.3 is 14.2 Å². The van der Waals surface area contributed by atoms with Crippen LogP contribution in [0.2, 0.25) is 0 Å². The Balaban J connectivity index is 0.000000399. The summed E-state index contributed by atoms with van der Waals surface area (Å²) in [6.07, 6.45) is 3.03. The van der Waals surface area contributed by atoms with Gasteiger partial charge in [0.25, 0.3) is 0 Å².